The lowest BCUT2D eigenvalue weighted by Crippen LogP contribution is -3.12. The SMILES string of the molecule is O=C(Nc1ccc2nc(C[NH+]3CCOCC3)[nH]c2c1)C1CCCCC1. The van der Waals surface area contributed by atoms with Crippen LogP contribution in [0.4, 0.5) is 5.69 Å². The largest absolute Gasteiger partial charge is 0.370 e. The number of benzene rings is 1. The molecular weight excluding hydrogens is 316 g/mol. The van der Waals surface area contributed by atoms with Crippen LogP contribution in [0, 0.1) is 5.92 Å². The van der Waals surface area contributed by atoms with Gasteiger partial charge in [-0.25, -0.2) is 4.98 Å². The highest BCUT2D eigenvalue weighted by atomic mass is 16.5. The van der Waals surface area contributed by atoms with Crippen LogP contribution in [0.15, 0.2) is 18.2 Å². The first-order valence-electron chi connectivity index (χ1n) is 9.49. The van der Waals surface area contributed by atoms with Gasteiger partial charge in [0.05, 0.1) is 24.2 Å². The molecule has 0 spiro atoms. The first-order chi connectivity index (χ1) is 12.3. The van der Waals surface area contributed by atoms with Crippen molar-refractivity contribution in [3.05, 3.63) is 24.0 Å². The van der Waals surface area contributed by atoms with Gasteiger partial charge in [-0.3, -0.25) is 4.79 Å². The number of hydrogen-bond acceptors (Lipinski definition) is 3. The number of hydrogen-bond donors (Lipinski definition) is 3. The zero-order valence-corrected chi connectivity index (χ0v) is 14.6. The number of aromatic amines is 1. The summed E-state index contributed by atoms with van der Waals surface area (Å²) in [5.41, 5.74) is 2.81. The molecule has 6 nitrogen and oxygen atoms in total. The molecule has 2 fully saturated rings. The van der Waals surface area contributed by atoms with Crippen LogP contribution < -0.4 is 10.2 Å². The minimum atomic E-state index is 0.163. The van der Waals surface area contributed by atoms with E-state index in [2.05, 4.69) is 15.3 Å². The van der Waals surface area contributed by atoms with Gasteiger partial charge < -0.3 is 19.9 Å². The van der Waals surface area contributed by atoms with Crippen molar-refractivity contribution in [2.24, 2.45) is 5.92 Å². The third-order valence-electron chi connectivity index (χ3n) is 5.39. The van der Waals surface area contributed by atoms with Gasteiger partial charge >= 0.3 is 0 Å². The van der Waals surface area contributed by atoms with Crippen LogP contribution in [0.25, 0.3) is 11.0 Å². The Bertz CT molecular complexity index is 730. The first kappa shape index (κ1) is 16.5. The minimum absolute atomic E-state index is 0.163. The Hall–Kier alpha value is -1.92. The predicted octanol–water partition coefficient (Wildman–Crippen LogP) is 1.50. The van der Waals surface area contributed by atoms with E-state index in [1.807, 2.05) is 18.2 Å². The molecule has 4 rings (SSSR count). The number of amides is 1. The van der Waals surface area contributed by atoms with Crippen LogP contribution in [0.3, 0.4) is 0 Å². The Kier molecular flexibility index (Phi) is 4.99. The summed E-state index contributed by atoms with van der Waals surface area (Å²) >= 11 is 0. The second kappa shape index (κ2) is 7.54. The number of imidazole rings is 1. The highest BCUT2D eigenvalue weighted by molar-refractivity contribution is 5.94. The summed E-state index contributed by atoms with van der Waals surface area (Å²) in [5.74, 6) is 1.34. The van der Waals surface area contributed by atoms with Crippen molar-refractivity contribution in [2.45, 2.75) is 38.6 Å². The lowest BCUT2D eigenvalue weighted by Gasteiger charge is -2.22. The van der Waals surface area contributed by atoms with Crippen LogP contribution in [-0.4, -0.2) is 42.2 Å². The van der Waals surface area contributed by atoms with Crippen LogP contribution in [0.1, 0.15) is 37.9 Å². The molecule has 2 heterocycles. The van der Waals surface area contributed by atoms with Crippen molar-refractivity contribution < 1.29 is 14.4 Å². The number of H-pyrrole nitrogens is 1. The van der Waals surface area contributed by atoms with E-state index in [-0.39, 0.29) is 11.8 Å². The second-order valence-corrected chi connectivity index (χ2v) is 7.28. The van der Waals surface area contributed by atoms with E-state index in [1.54, 1.807) is 0 Å². The number of rotatable bonds is 4. The van der Waals surface area contributed by atoms with Gasteiger partial charge in [-0.15, -0.1) is 0 Å². The fraction of sp³-hybridized carbons (Fsp3) is 0.579. The first-order valence-corrected chi connectivity index (χ1v) is 9.49. The summed E-state index contributed by atoms with van der Waals surface area (Å²) in [4.78, 5) is 22.0. The monoisotopic (exact) mass is 343 g/mol. The summed E-state index contributed by atoms with van der Waals surface area (Å²) < 4.78 is 5.41. The Morgan fingerprint density at radius 2 is 2.04 bits per heavy atom. The molecule has 6 heteroatoms. The number of quaternary nitrogens is 1. The lowest BCUT2D eigenvalue weighted by molar-refractivity contribution is -0.922. The number of fused-ring (bicyclic) bond motifs is 1. The van der Waals surface area contributed by atoms with Crippen molar-refractivity contribution >= 4 is 22.6 Å². The van der Waals surface area contributed by atoms with Crippen LogP contribution in [-0.2, 0) is 16.1 Å². The maximum Gasteiger partial charge on any atom is 0.227 e. The van der Waals surface area contributed by atoms with E-state index in [4.69, 9.17) is 4.74 Å². The van der Waals surface area contributed by atoms with Crippen molar-refractivity contribution in [3.63, 3.8) is 0 Å². The minimum Gasteiger partial charge on any atom is -0.370 e. The second-order valence-electron chi connectivity index (χ2n) is 7.28. The number of nitrogens with zero attached hydrogens (tertiary/aromatic N) is 1. The molecular formula is C19H27N4O2+. The lowest BCUT2D eigenvalue weighted by atomic mass is 9.88. The maximum absolute atomic E-state index is 12.4. The molecule has 2 aliphatic rings. The third kappa shape index (κ3) is 4.02. The number of morpholine rings is 1. The van der Waals surface area contributed by atoms with Gasteiger partial charge in [0.15, 0.2) is 5.82 Å². The van der Waals surface area contributed by atoms with Gasteiger partial charge in [-0.2, -0.15) is 0 Å². The van der Waals surface area contributed by atoms with E-state index in [0.29, 0.717) is 0 Å². The maximum atomic E-state index is 12.4. The number of carbonyl (C=O) groups excluding carboxylic acids is 1. The Balaban J connectivity index is 1.43. The average molecular weight is 343 g/mol. The molecule has 1 amide bonds. The van der Waals surface area contributed by atoms with Crippen molar-refractivity contribution in [2.75, 3.05) is 31.6 Å². The molecule has 0 bridgehead atoms. The fourth-order valence-electron chi connectivity index (χ4n) is 3.91. The Morgan fingerprint density at radius 1 is 1.24 bits per heavy atom. The zero-order chi connectivity index (χ0) is 17.1. The van der Waals surface area contributed by atoms with Gasteiger partial charge in [0.2, 0.25) is 5.91 Å². The molecule has 1 aliphatic carbocycles. The molecule has 134 valence electrons. The fourth-order valence-corrected chi connectivity index (χ4v) is 3.91. The molecule has 1 saturated heterocycles. The molecule has 1 saturated carbocycles. The van der Waals surface area contributed by atoms with Gasteiger partial charge in [-0.1, -0.05) is 19.3 Å². The summed E-state index contributed by atoms with van der Waals surface area (Å²) in [7, 11) is 0. The topological polar surface area (TPSA) is 71.4 Å². The Morgan fingerprint density at radius 3 is 2.84 bits per heavy atom. The van der Waals surface area contributed by atoms with Crippen molar-refractivity contribution in [3.8, 4) is 0 Å². The Labute approximate surface area is 147 Å². The molecule has 3 N–H and O–H groups in total. The number of carbonyl (C=O) groups is 1. The van der Waals surface area contributed by atoms with Gasteiger partial charge in [0.1, 0.15) is 19.6 Å². The number of anilines is 1. The summed E-state index contributed by atoms with van der Waals surface area (Å²) in [6, 6.07) is 5.94. The number of aromatic nitrogens is 2. The smallest absolute Gasteiger partial charge is 0.227 e. The zero-order valence-electron chi connectivity index (χ0n) is 14.6. The molecule has 0 unspecified atom stereocenters. The normalized spacial score (nSPS) is 20.0. The van der Waals surface area contributed by atoms with Gasteiger partial charge in [-0.05, 0) is 31.0 Å². The molecule has 0 atom stereocenters. The molecule has 1 aliphatic heterocycles. The van der Waals surface area contributed by atoms with Crippen molar-refractivity contribution in [1.29, 1.82) is 0 Å². The molecule has 1 aromatic carbocycles. The third-order valence-corrected chi connectivity index (χ3v) is 5.39. The molecule has 0 radical (unpaired) electrons. The van der Waals surface area contributed by atoms with Crippen LogP contribution >= 0.6 is 0 Å². The number of ether oxygens (including phenoxy) is 1. The van der Waals surface area contributed by atoms with E-state index in [9.17, 15) is 4.79 Å². The van der Waals surface area contributed by atoms with E-state index in [1.165, 1.54) is 24.2 Å². The van der Waals surface area contributed by atoms with E-state index in [0.717, 1.165) is 68.2 Å². The van der Waals surface area contributed by atoms with Gasteiger partial charge in [0.25, 0.3) is 0 Å². The molecule has 1 aromatic heterocycles. The predicted molar refractivity (Wildman–Crippen MR) is 96.5 cm³/mol. The highest BCUT2D eigenvalue weighted by Gasteiger charge is 2.21. The van der Waals surface area contributed by atoms with Crippen molar-refractivity contribution in [1.82, 2.24) is 9.97 Å². The van der Waals surface area contributed by atoms with Crippen LogP contribution in [0.2, 0.25) is 0 Å². The number of nitrogens with one attached hydrogen (secondary N) is 3. The quantitative estimate of drug-likeness (QED) is 0.788. The van der Waals surface area contributed by atoms with Crippen LogP contribution in [0.5, 0.6) is 0 Å². The molecule has 2 aromatic rings. The summed E-state index contributed by atoms with van der Waals surface area (Å²) in [5, 5.41) is 3.09. The average Bonchev–Trinajstić information content (AvgIpc) is 3.04. The highest BCUT2D eigenvalue weighted by Crippen LogP contribution is 2.25. The summed E-state index contributed by atoms with van der Waals surface area (Å²) in [6.07, 6.45) is 5.64. The summed E-state index contributed by atoms with van der Waals surface area (Å²) in [6.45, 7) is 4.60. The van der Waals surface area contributed by atoms with Gasteiger partial charge in [0, 0.05) is 11.6 Å². The molecule has 25 heavy (non-hydrogen) atoms. The van der Waals surface area contributed by atoms with E-state index >= 15 is 0 Å². The standard InChI is InChI=1S/C19H26N4O2/c24-19(14-4-2-1-3-5-14)20-15-6-7-16-17(12-15)22-18(21-16)13-23-8-10-25-11-9-23/h6-7,12,14H,1-5,8-11,13H2,(H,20,24)(H,21,22)/p+1. The van der Waals surface area contributed by atoms with E-state index < -0.39 is 0 Å².